The van der Waals surface area contributed by atoms with E-state index in [0.29, 0.717) is 28.8 Å². The molecule has 0 fully saturated rings. The van der Waals surface area contributed by atoms with Gasteiger partial charge in [0.2, 0.25) is 0 Å². The molecule has 2 aromatic rings. The Labute approximate surface area is 139 Å². The van der Waals surface area contributed by atoms with Gasteiger partial charge in [0, 0.05) is 6.07 Å². The third-order valence-corrected chi connectivity index (χ3v) is 4.59. The van der Waals surface area contributed by atoms with Crippen LogP contribution in [-0.2, 0) is 0 Å². The lowest BCUT2D eigenvalue weighted by atomic mass is 10.2. The van der Waals surface area contributed by atoms with E-state index in [-0.39, 0.29) is 4.88 Å². The first-order valence-electron chi connectivity index (χ1n) is 7.58. The van der Waals surface area contributed by atoms with Crippen LogP contribution in [0.2, 0.25) is 0 Å². The van der Waals surface area contributed by atoms with Crippen molar-refractivity contribution in [3.63, 3.8) is 0 Å². The average molecular weight is 335 g/mol. The monoisotopic (exact) mass is 335 g/mol. The highest BCUT2D eigenvalue weighted by molar-refractivity contribution is 7.17. The van der Waals surface area contributed by atoms with Crippen LogP contribution in [0.25, 0.3) is 10.6 Å². The van der Waals surface area contributed by atoms with Crippen LogP contribution < -0.4 is 9.47 Å². The summed E-state index contributed by atoms with van der Waals surface area (Å²) in [5.41, 5.74) is 1.31. The standard InChI is InChI=1S/C17H21NO4S/c1-4-5-6-9-22-14-10-12(21-3)7-8-13(14)16-18-11(2)15(23-16)17(19)20/h7-8,10H,4-6,9H2,1-3H3,(H,19,20). The molecule has 0 aliphatic heterocycles. The Hall–Kier alpha value is -2.08. The third kappa shape index (κ3) is 4.22. The second kappa shape index (κ2) is 7.97. The number of unbranched alkanes of at least 4 members (excludes halogenated alkanes) is 2. The number of aromatic nitrogens is 1. The third-order valence-electron chi connectivity index (χ3n) is 3.42. The van der Waals surface area contributed by atoms with Crippen molar-refractivity contribution >= 4 is 17.3 Å². The second-order valence-electron chi connectivity index (χ2n) is 5.16. The summed E-state index contributed by atoms with van der Waals surface area (Å²) in [4.78, 5) is 15.9. The number of carboxylic acid groups (broad SMARTS) is 1. The Balaban J connectivity index is 2.32. The van der Waals surface area contributed by atoms with E-state index >= 15 is 0 Å². The molecule has 23 heavy (non-hydrogen) atoms. The van der Waals surface area contributed by atoms with Crippen LogP contribution in [0, 0.1) is 6.92 Å². The Morgan fingerprint density at radius 3 is 2.74 bits per heavy atom. The number of benzene rings is 1. The van der Waals surface area contributed by atoms with Crippen molar-refractivity contribution in [3.05, 3.63) is 28.8 Å². The summed E-state index contributed by atoms with van der Waals surface area (Å²) in [6.07, 6.45) is 3.21. The molecule has 0 aliphatic carbocycles. The van der Waals surface area contributed by atoms with E-state index in [0.717, 1.165) is 36.2 Å². The molecule has 0 amide bonds. The molecule has 0 saturated heterocycles. The smallest absolute Gasteiger partial charge is 0.347 e. The predicted octanol–water partition coefficient (Wildman–Crippen LogP) is 4.39. The molecular weight excluding hydrogens is 314 g/mol. The average Bonchev–Trinajstić information content (AvgIpc) is 2.93. The number of carbonyl (C=O) groups is 1. The summed E-state index contributed by atoms with van der Waals surface area (Å²) < 4.78 is 11.1. The van der Waals surface area contributed by atoms with Crippen LogP contribution >= 0.6 is 11.3 Å². The number of thiazole rings is 1. The van der Waals surface area contributed by atoms with Gasteiger partial charge in [-0.1, -0.05) is 19.8 Å². The molecule has 1 aromatic heterocycles. The first kappa shape index (κ1) is 17.3. The lowest BCUT2D eigenvalue weighted by Crippen LogP contribution is -1.99. The van der Waals surface area contributed by atoms with Gasteiger partial charge in [-0.2, -0.15) is 0 Å². The van der Waals surface area contributed by atoms with Crippen LogP contribution in [-0.4, -0.2) is 29.8 Å². The van der Waals surface area contributed by atoms with Gasteiger partial charge >= 0.3 is 5.97 Å². The molecule has 0 atom stereocenters. The zero-order chi connectivity index (χ0) is 16.8. The lowest BCUT2D eigenvalue weighted by molar-refractivity contribution is 0.0701. The zero-order valence-electron chi connectivity index (χ0n) is 13.6. The lowest BCUT2D eigenvalue weighted by Gasteiger charge is -2.11. The highest BCUT2D eigenvalue weighted by atomic mass is 32.1. The summed E-state index contributed by atoms with van der Waals surface area (Å²) in [5.74, 6) is 0.419. The van der Waals surface area contributed by atoms with Crippen molar-refractivity contribution < 1.29 is 19.4 Å². The van der Waals surface area contributed by atoms with Crippen LogP contribution in [0.5, 0.6) is 11.5 Å². The van der Waals surface area contributed by atoms with Crippen LogP contribution in [0.4, 0.5) is 0 Å². The molecule has 124 valence electrons. The quantitative estimate of drug-likeness (QED) is 0.724. The highest BCUT2D eigenvalue weighted by Gasteiger charge is 2.18. The number of methoxy groups -OCH3 is 1. The minimum atomic E-state index is -0.954. The molecular formula is C17H21NO4S. The van der Waals surface area contributed by atoms with Crippen LogP contribution in [0.15, 0.2) is 18.2 Å². The molecule has 0 saturated carbocycles. The molecule has 0 unspecified atom stereocenters. The van der Waals surface area contributed by atoms with Gasteiger partial charge < -0.3 is 14.6 Å². The molecule has 0 radical (unpaired) electrons. The van der Waals surface area contributed by atoms with E-state index in [1.165, 1.54) is 0 Å². The van der Waals surface area contributed by atoms with Gasteiger partial charge in [0.15, 0.2) is 0 Å². The molecule has 1 N–H and O–H groups in total. The van der Waals surface area contributed by atoms with Gasteiger partial charge in [0.25, 0.3) is 0 Å². The normalized spacial score (nSPS) is 10.6. The number of aryl methyl sites for hydroxylation is 1. The summed E-state index contributed by atoms with van der Waals surface area (Å²) in [6.45, 7) is 4.46. The molecule has 0 aliphatic rings. The maximum Gasteiger partial charge on any atom is 0.347 e. The van der Waals surface area contributed by atoms with Gasteiger partial charge in [0.05, 0.1) is 25.0 Å². The van der Waals surface area contributed by atoms with Crippen molar-refractivity contribution in [3.8, 4) is 22.1 Å². The molecule has 5 nitrogen and oxygen atoms in total. The number of rotatable bonds is 8. The molecule has 1 heterocycles. The second-order valence-corrected chi connectivity index (χ2v) is 6.16. The van der Waals surface area contributed by atoms with E-state index < -0.39 is 5.97 Å². The molecule has 0 bridgehead atoms. The molecule has 1 aromatic carbocycles. The van der Waals surface area contributed by atoms with Gasteiger partial charge in [-0.05, 0) is 25.5 Å². The van der Waals surface area contributed by atoms with Crippen molar-refractivity contribution in [1.82, 2.24) is 4.98 Å². The van der Waals surface area contributed by atoms with Crippen molar-refractivity contribution in [2.45, 2.75) is 33.1 Å². The highest BCUT2D eigenvalue weighted by Crippen LogP contribution is 2.37. The topological polar surface area (TPSA) is 68.7 Å². The zero-order valence-corrected chi connectivity index (χ0v) is 14.4. The van der Waals surface area contributed by atoms with Crippen molar-refractivity contribution in [1.29, 1.82) is 0 Å². The predicted molar refractivity (Wildman–Crippen MR) is 90.8 cm³/mol. The number of hydrogen-bond donors (Lipinski definition) is 1. The Morgan fingerprint density at radius 1 is 1.35 bits per heavy atom. The molecule has 6 heteroatoms. The Kier molecular flexibility index (Phi) is 5.98. The number of ether oxygens (including phenoxy) is 2. The van der Waals surface area contributed by atoms with Gasteiger partial charge in [-0.25, -0.2) is 9.78 Å². The summed E-state index contributed by atoms with van der Waals surface area (Å²) >= 11 is 1.16. The number of aromatic carboxylic acids is 1. The number of carboxylic acids is 1. The van der Waals surface area contributed by atoms with E-state index in [9.17, 15) is 9.90 Å². The maximum absolute atomic E-state index is 11.2. The minimum Gasteiger partial charge on any atom is -0.497 e. The largest absolute Gasteiger partial charge is 0.497 e. The minimum absolute atomic E-state index is 0.257. The van der Waals surface area contributed by atoms with Crippen LogP contribution in [0.1, 0.15) is 41.6 Å². The Bertz CT molecular complexity index is 681. The van der Waals surface area contributed by atoms with E-state index in [2.05, 4.69) is 11.9 Å². The SMILES string of the molecule is CCCCCOc1cc(OC)ccc1-c1nc(C)c(C(=O)O)s1. The summed E-state index contributed by atoms with van der Waals surface area (Å²) in [5, 5.41) is 9.84. The van der Waals surface area contributed by atoms with Gasteiger partial charge in [-0.3, -0.25) is 0 Å². The first-order valence-corrected chi connectivity index (χ1v) is 8.40. The van der Waals surface area contributed by atoms with Gasteiger partial charge in [0.1, 0.15) is 21.4 Å². The van der Waals surface area contributed by atoms with E-state index in [1.807, 2.05) is 18.2 Å². The van der Waals surface area contributed by atoms with E-state index in [4.69, 9.17) is 9.47 Å². The fraction of sp³-hybridized carbons (Fsp3) is 0.412. The fourth-order valence-electron chi connectivity index (χ4n) is 2.17. The Morgan fingerprint density at radius 2 is 2.13 bits per heavy atom. The molecule has 2 rings (SSSR count). The van der Waals surface area contributed by atoms with Crippen molar-refractivity contribution in [2.24, 2.45) is 0 Å². The fourth-order valence-corrected chi connectivity index (χ4v) is 3.11. The van der Waals surface area contributed by atoms with Crippen LogP contribution in [0.3, 0.4) is 0 Å². The number of nitrogens with zero attached hydrogens (tertiary/aromatic N) is 1. The van der Waals surface area contributed by atoms with Crippen molar-refractivity contribution in [2.75, 3.05) is 13.7 Å². The summed E-state index contributed by atoms with van der Waals surface area (Å²) in [7, 11) is 1.60. The van der Waals surface area contributed by atoms with E-state index in [1.54, 1.807) is 14.0 Å². The summed E-state index contributed by atoms with van der Waals surface area (Å²) in [6, 6.07) is 5.50. The number of hydrogen-bond acceptors (Lipinski definition) is 5. The molecule has 0 spiro atoms. The first-order chi connectivity index (χ1) is 11.1. The maximum atomic E-state index is 11.2. The van der Waals surface area contributed by atoms with Gasteiger partial charge in [-0.15, -0.1) is 11.3 Å².